The van der Waals surface area contributed by atoms with Crippen molar-refractivity contribution >= 4 is 35.8 Å². The van der Waals surface area contributed by atoms with Gasteiger partial charge in [0.05, 0.1) is 6.54 Å². The molecule has 9 heteroatoms. The van der Waals surface area contributed by atoms with E-state index in [0.717, 1.165) is 12.1 Å². The van der Waals surface area contributed by atoms with Gasteiger partial charge >= 0.3 is 0 Å². The Balaban J connectivity index is 0.00000625. The minimum Gasteiger partial charge on any atom is -0.489 e. The summed E-state index contributed by atoms with van der Waals surface area (Å²) in [6.07, 6.45) is 0. The third-order valence-electron chi connectivity index (χ3n) is 3.09. The molecule has 0 unspecified atom stereocenters. The summed E-state index contributed by atoms with van der Waals surface area (Å²) >= 11 is 0. The van der Waals surface area contributed by atoms with Crippen molar-refractivity contribution in [2.75, 3.05) is 40.3 Å². The largest absolute Gasteiger partial charge is 0.489 e. The third kappa shape index (κ3) is 9.73. The summed E-state index contributed by atoms with van der Waals surface area (Å²) in [6, 6.07) is 3.15. The minimum absolute atomic E-state index is 0. The number of benzene rings is 1. The van der Waals surface area contributed by atoms with Gasteiger partial charge in [0.1, 0.15) is 19.0 Å². The number of aliphatic imine (C=N–C) groups is 1. The molecule has 0 aliphatic carbocycles. The first-order chi connectivity index (χ1) is 11.8. The van der Waals surface area contributed by atoms with Crippen LogP contribution in [0.15, 0.2) is 23.2 Å². The zero-order valence-electron chi connectivity index (χ0n) is 15.5. The highest BCUT2D eigenvalue weighted by atomic mass is 127. The topological polar surface area (TPSA) is 66.0 Å². The number of hydrogen-bond acceptors (Lipinski definition) is 3. The highest BCUT2D eigenvalue weighted by molar-refractivity contribution is 14.0. The summed E-state index contributed by atoms with van der Waals surface area (Å²) in [4.78, 5) is 17.3. The first kappa shape index (κ1) is 24.4. The SMILES string of the molecule is CC(C)CNC(=NCC(=O)N(C)C)NCCOc1ccc(F)cc1F.I. The van der Waals surface area contributed by atoms with E-state index >= 15 is 0 Å². The molecule has 0 aliphatic rings. The number of nitrogens with one attached hydrogen (secondary N) is 2. The number of carbonyl (C=O) groups excluding carboxylic acids is 1. The van der Waals surface area contributed by atoms with E-state index in [0.29, 0.717) is 25.0 Å². The van der Waals surface area contributed by atoms with Gasteiger partial charge in [-0.3, -0.25) is 4.79 Å². The summed E-state index contributed by atoms with van der Waals surface area (Å²) in [6.45, 7) is 5.32. The number of amides is 1. The van der Waals surface area contributed by atoms with E-state index in [-0.39, 0.29) is 48.8 Å². The fourth-order valence-electron chi connectivity index (χ4n) is 1.69. The molecule has 0 saturated heterocycles. The molecule has 0 atom stereocenters. The Morgan fingerprint density at radius 1 is 1.27 bits per heavy atom. The quantitative estimate of drug-likeness (QED) is 0.257. The first-order valence-corrected chi connectivity index (χ1v) is 8.09. The van der Waals surface area contributed by atoms with Crippen molar-refractivity contribution in [3.8, 4) is 5.75 Å². The van der Waals surface area contributed by atoms with Crippen LogP contribution in [0.2, 0.25) is 0 Å². The van der Waals surface area contributed by atoms with Crippen LogP contribution < -0.4 is 15.4 Å². The second kappa shape index (κ2) is 12.7. The van der Waals surface area contributed by atoms with Crippen molar-refractivity contribution in [2.24, 2.45) is 10.9 Å². The predicted molar refractivity (Wildman–Crippen MR) is 109 cm³/mol. The van der Waals surface area contributed by atoms with E-state index < -0.39 is 11.6 Å². The molecule has 2 N–H and O–H groups in total. The van der Waals surface area contributed by atoms with Crippen molar-refractivity contribution in [3.63, 3.8) is 0 Å². The molecule has 0 bridgehead atoms. The summed E-state index contributed by atoms with van der Waals surface area (Å²) < 4.78 is 31.6. The van der Waals surface area contributed by atoms with Gasteiger partial charge in [-0.05, 0) is 18.1 Å². The molecular weight excluding hydrogens is 457 g/mol. The fourth-order valence-corrected chi connectivity index (χ4v) is 1.69. The molecule has 0 fully saturated rings. The highest BCUT2D eigenvalue weighted by Crippen LogP contribution is 2.17. The summed E-state index contributed by atoms with van der Waals surface area (Å²) in [5.74, 6) is -0.646. The van der Waals surface area contributed by atoms with Crippen LogP contribution >= 0.6 is 24.0 Å². The molecule has 6 nitrogen and oxygen atoms in total. The number of halogens is 3. The van der Waals surface area contributed by atoms with Gasteiger partial charge < -0.3 is 20.3 Å². The third-order valence-corrected chi connectivity index (χ3v) is 3.09. The first-order valence-electron chi connectivity index (χ1n) is 8.09. The lowest BCUT2D eigenvalue weighted by molar-refractivity contribution is -0.127. The lowest BCUT2D eigenvalue weighted by Crippen LogP contribution is -2.41. The predicted octanol–water partition coefficient (Wildman–Crippen LogP) is 2.24. The maximum Gasteiger partial charge on any atom is 0.243 e. The maximum atomic E-state index is 13.5. The van der Waals surface area contributed by atoms with Crippen LogP contribution in [-0.4, -0.2) is 57.1 Å². The Kier molecular flexibility index (Phi) is 11.9. The Labute approximate surface area is 170 Å². The smallest absolute Gasteiger partial charge is 0.243 e. The van der Waals surface area contributed by atoms with Gasteiger partial charge in [0.25, 0.3) is 0 Å². The number of likely N-dealkylation sites (N-methyl/N-ethyl adjacent to an activating group) is 1. The minimum atomic E-state index is -0.747. The number of nitrogens with zero attached hydrogens (tertiary/aromatic N) is 2. The van der Waals surface area contributed by atoms with Gasteiger partial charge in [-0.2, -0.15) is 0 Å². The second-order valence-electron chi connectivity index (χ2n) is 6.08. The number of ether oxygens (including phenoxy) is 1. The van der Waals surface area contributed by atoms with Gasteiger partial charge in [-0.25, -0.2) is 13.8 Å². The number of carbonyl (C=O) groups is 1. The maximum absolute atomic E-state index is 13.5. The second-order valence-corrected chi connectivity index (χ2v) is 6.08. The molecule has 148 valence electrons. The van der Waals surface area contributed by atoms with Gasteiger partial charge in [-0.15, -0.1) is 24.0 Å². The van der Waals surface area contributed by atoms with Gasteiger partial charge in [-0.1, -0.05) is 13.8 Å². The van der Waals surface area contributed by atoms with E-state index in [1.165, 1.54) is 11.0 Å². The standard InChI is InChI=1S/C17H26F2N4O2.HI/c1-12(2)10-21-17(22-11-16(24)23(3)4)20-7-8-25-15-6-5-13(18)9-14(15)19;/h5-6,9,12H,7-8,10-11H2,1-4H3,(H2,20,21,22);1H. The highest BCUT2D eigenvalue weighted by Gasteiger charge is 2.07. The van der Waals surface area contributed by atoms with Gasteiger partial charge in [0, 0.05) is 26.7 Å². The van der Waals surface area contributed by atoms with Crippen LogP contribution in [0, 0.1) is 17.6 Å². The van der Waals surface area contributed by atoms with E-state index in [2.05, 4.69) is 29.5 Å². The van der Waals surface area contributed by atoms with Gasteiger partial charge in [0.2, 0.25) is 5.91 Å². The summed E-state index contributed by atoms with van der Waals surface area (Å²) in [5.41, 5.74) is 0. The monoisotopic (exact) mass is 484 g/mol. The molecule has 0 aromatic heterocycles. The lowest BCUT2D eigenvalue weighted by atomic mass is 10.2. The Morgan fingerprint density at radius 3 is 2.54 bits per heavy atom. The van der Waals surface area contributed by atoms with Crippen LogP contribution in [-0.2, 0) is 4.79 Å². The molecule has 0 aliphatic heterocycles. The molecule has 0 heterocycles. The zero-order valence-corrected chi connectivity index (χ0v) is 17.8. The van der Waals surface area contributed by atoms with E-state index in [9.17, 15) is 13.6 Å². The lowest BCUT2D eigenvalue weighted by Gasteiger charge is -2.15. The normalized spacial score (nSPS) is 11.0. The van der Waals surface area contributed by atoms with Crippen LogP contribution in [0.5, 0.6) is 5.75 Å². The summed E-state index contributed by atoms with van der Waals surface area (Å²) in [7, 11) is 3.33. The molecule has 0 saturated carbocycles. The van der Waals surface area contributed by atoms with Gasteiger partial charge in [0.15, 0.2) is 17.5 Å². The van der Waals surface area contributed by atoms with Crippen LogP contribution in [0.1, 0.15) is 13.8 Å². The van der Waals surface area contributed by atoms with E-state index in [4.69, 9.17) is 4.74 Å². The molecule has 1 aromatic rings. The van der Waals surface area contributed by atoms with Crippen LogP contribution in [0.25, 0.3) is 0 Å². The van der Waals surface area contributed by atoms with Crippen molar-refractivity contribution in [2.45, 2.75) is 13.8 Å². The van der Waals surface area contributed by atoms with E-state index in [1.807, 2.05) is 0 Å². The molecule has 26 heavy (non-hydrogen) atoms. The molecular formula is C17H27F2IN4O2. The Hall–Kier alpha value is -1.65. The molecule has 0 radical (unpaired) electrons. The zero-order chi connectivity index (χ0) is 18.8. The average Bonchev–Trinajstić information content (AvgIpc) is 2.54. The molecule has 1 rings (SSSR count). The molecule has 1 aromatic carbocycles. The Morgan fingerprint density at radius 2 is 1.96 bits per heavy atom. The number of guanidine groups is 1. The van der Waals surface area contributed by atoms with Crippen molar-refractivity contribution in [3.05, 3.63) is 29.8 Å². The van der Waals surface area contributed by atoms with E-state index in [1.54, 1.807) is 14.1 Å². The average molecular weight is 484 g/mol. The number of hydrogen-bond donors (Lipinski definition) is 2. The van der Waals surface area contributed by atoms with Crippen LogP contribution in [0.4, 0.5) is 8.78 Å². The van der Waals surface area contributed by atoms with Crippen molar-refractivity contribution in [1.82, 2.24) is 15.5 Å². The van der Waals surface area contributed by atoms with Crippen LogP contribution in [0.3, 0.4) is 0 Å². The molecule has 0 spiro atoms. The number of rotatable bonds is 8. The van der Waals surface area contributed by atoms with Crippen molar-refractivity contribution in [1.29, 1.82) is 0 Å². The Bertz CT molecular complexity index is 598. The summed E-state index contributed by atoms with van der Waals surface area (Å²) in [5, 5.41) is 6.14. The van der Waals surface area contributed by atoms with Crippen molar-refractivity contribution < 1.29 is 18.3 Å². The molecule has 1 amide bonds. The fraction of sp³-hybridized carbons (Fsp3) is 0.529.